The lowest BCUT2D eigenvalue weighted by Gasteiger charge is -2.08. The molecule has 0 radical (unpaired) electrons. The normalized spacial score (nSPS) is 11.3. The molecule has 2 aromatic heterocycles. The van der Waals surface area contributed by atoms with Gasteiger partial charge in [-0.1, -0.05) is 18.2 Å². The molecule has 0 aliphatic rings. The molecule has 1 N–H and O–H groups in total. The van der Waals surface area contributed by atoms with E-state index in [9.17, 15) is 4.79 Å². The van der Waals surface area contributed by atoms with Gasteiger partial charge in [0.2, 0.25) is 5.55 Å². The fraction of sp³-hybridized carbons (Fsp3) is 0.0870. The van der Waals surface area contributed by atoms with E-state index in [0.717, 1.165) is 0 Å². The molecule has 0 spiro atoms. The first-order valence-electron chi connectivity index (χ1n) is 9.20. The van der Waals surface area contributed by atoms with Gasteiger partial charge in [0, 0.05) is 11.6 Å². The van der Waals surface area contributed by atoms with Crippen LogP contribution in [0.15, 0.2) is 82.3 Å². The van der Waals surface area contributed by atoms with Crippen molar-refractivity contribution in [3.05, 3.63) is 84.0 Å². The van der Waals surface area contributed by atoms with Crippen molar-refractivity contribution < 1.29 is 18.7 Å². The van der Waals surface area contributed by atoms with Crippen LogP contribution in [0.3, 0.4) is 0 Å². The van der Waals surface area contributed by atoms with Gasteiger partial charge in [-0.2, -0.15) is 0 Å². The maximum atomic E-state index is 13.0. The molecule has 4 rings (SSSR count). The summed E-state index contributed by atoms with van der Waals surface area (Å²) >= 11 is 0. The van der Waals surface area contributed by atoms with Gasteiger partial charge in [0.25, 0.3) is 5.91 Å². The minimum absolute atomic E-state index is 0.158. The van der Waals surface area contributed by atoms with Crippen LogP contribution in [-0.2, 0) is 0 Å². The van der Waals surface area contributed by atoms with Crippen LogP contribution >= 0.6 is 0 Å². The summed E-state index contributed by atoms with van der Waals surface area (Å²) in [6.07, 6.45) is 1.61. The summed E-state index contributed by atoms with van der Waals surface area (Å²) in [5.41, 5.74) is 1.55. The number of hydrogen-bond donors (Lipinski definition) is 1. The van der Waals surface area contributed by atoms with Crippen molar-refractivity contribution >= 4 is 28.4 Å². The predicted octanol–water partition coefficient (Wildman–Crippen LogP) is 4.33. The molecule has 0 aliphatic carbocycles. The largest absolute Gasteiger partial charge is 0.497 e. The summed E-state index contributed by atoms with van der Waals surface area (Å²) in [5.74, 6) is 1.31. The van der Waals surface area contributed by atoms with E-state index >= 15 is 0 Å². The Hall–Kier alpha value is -4.13. The molecule has 7 nitrogen and oxygen atoms in total. The average Bonchev–Trinajstić information content (AvgIpc) is 2.79. The van der Waals surface area contributed by atoms with Gasteiger partial charge >= 0.3 is 0 Å². The van der Waals surface area contributed by atoms with Crippen molar-refractivity contribution in [3.8, 4) is 11.5 Å². The highest BCUT2D eigenvalue weighted by molar-refractivity contribution is 6.05. The van der Waals surface area contributed by atoms with Gasteiger partial charge in [-0.15, -0.1) is 0 Å². The van der Waals surface area contributed by atoms with E-state index in [0.29, 0.717) is 34.0 Å². The van der Waals surface area contributed by atoms with Crippen LogP contribution in [0.5, 0.6) is 11.5 Å². The molecule has 30 heavy (non-hydrogen) atoms. The van der Waals surface area contributed by atoms with Gasteiger partial charge in [0.15, 0.2) is 11.3 Å². The Morgan fingerprint density at radius 3 is 2.53 bits per heavy atom. The van der Waals surface area contributed by atoms with E-state index in [4.69, 9.17) is 13.9 Å². The predicted molar refractivity (Wildman–Crippen MR) is 113 cm³/mol. The van der Waals surface area contributed by atoms with Gasteiger partial charge in [-0.3, -0.25) is 4.79 Å². The highest BCUT2D eigenvalue weighted by Crippen LogP contribution is 2.25. The number of nitrogens with one attached hydrogen (secondary N) is 1. The maximum absolute atomic E-state index is 13.0. The van der Waals surface area contributed by atoms with Crippen LogP contribution in [0.2, 0.25) is 0 Å². The van der Waals surface area contributed by atoms with Crippen LogP contribution in [0.4, 0.5) is 11.5 Å². The first kappa shape index (κ1) is 19.2. The summed E-state index contributed by atoms with van der Waals surface area (Å²) in [5, 5.41) is 3.49. The van der Waals surface area contributed by atoms with Crippen molar-refractivity contribution in [2.75, 3.05) is 19.5 Å². The smallest absolute Gasteiger partial charge is 0.262 e. The minimum atomic E-state index is -0.380. The maximum Gasteiger partial charge on any atom is 0.262 e. The monoisotopic (exact) mass is 401 g/mol. The topological polar surface area (TPSA) is 86.0 Å². The number of rotatable bonds is 5. The van der Waals surface area contributed by atoms with E-state index in [1.165, 1.54) is 0 Å². The van der Waals surface area contributed by atoms with E-state index in [2.05, 4.69) is 15.3 Å². The van der Waals surface area contributed by atoms with Gasteiger partial charge in [0.05, 0.1) is 19.9 Å². The number of aromatic nitrogens is 1. The first-order chi connectivity index (χ1) is 14.7. The SMILES string of the molecule is COc1ccc(N=c2oc3c(OC)cccc3cc2C(=O)Nc2ccccn2)cc1. The molecule has 0 bridgehead atoms. The van der Waals surface area contributed by atoms with E-state index in [1.54, 1.807) is 75.0 Å². The number of ether oxygens (including phenoxy) is 2. The zero-order valence-electron chi connectivity index (χ0n) is 16.5. The molecule has 4 aromatic rings. The van der Waals surface area contributed by atoms with Crippen molar-refractivity contribution in [1.29, 1.82) is 0 Å². The zero-order chi connectivity index (χ0) is 20.9. The number of para-hydroxylation sites is 1. The zero-order valence-corrected chi connectivity index (χ0v) is 16.5. The molecule has 0 fully saturated rings. The summed E-state index contributed by atoms with van der Waals surface area (Å²) < 4.78 is 16.6. The van der Waals surface area contributed by atoms with Crippen LogP contribution < -0.4 is 20.3 Å². The molecule has 2 aromatic carbocycles. The quantitative estimate of drug-likeness (QED) is 0.538. The Bertz CT molecular complexity index is 1250. The standard InChI is InChI=1S/C23H19N3O4/c1-28-17-11-9-16(10-12-17)25-23-18(22(27)26-20-8-3-4-13-24-20)14-15-6-5-7-19(29-2)21(15)30-23/h3-14H,1-2H3,(H,24,26,27). The molecule has 0 aliphatic heterocycles. The lowest BCUT2D eigenvalue weighted by Crippen LogP contribution is -2.22. The second-order valence-electron chi connectivity index (χ2n) is 6.32. The lowest BCUT2D eigenvalue weighted by atomic mass is 10.1. The van der Waals surface area contributed by atoms with Crippen LogP contribution in [0.25, 0.3) is 11.0 Å². The molecule has 150 valence electrons. The number of anilines is 1. The third-order valence-corrected chi connectivity index (χ3v) is 4.41. The molecular formula is C23H19N3O4. The van der Waals surface area contributed by atoms with Crippen molar-refractivity contribution in [2.24, 2.45) is 4.99 Å². The third kappa shape index (κ3) is 4.00. The number of carbonyl (C=O) groups is 1. The highest BCUT2D eigenvalue weighted by atomic mass is 16.5. The van der Waals surface area contributed by atoms with Crippen LogP contribution in [0, 0.1) is 0 Å². The number of nitrogens with zero attached hydrogens (tertiary/aromatic N) is 2. The van der Waals surface area contributed by atoms with Crippen molar-refractivity contribution in [3.63, 3.8) is 0 Å². The lowest BCUT2D eigenvalue weighted by molar-refractivity contribution is 0.102. The summed E-state index contributed by atoms with van der Waals surface area (Å²) in [6, 6.07) is 19.6. The van der Waals surface area contributed by atoms with E-state index < -0.39 is 0 Å². The van der Waals surface area contributed by atoms with Crippen molar-refractivity contribution in [1.82, 2.24) is 4.98 Å². The number of amides is 1. The first-order valence-corrected chi connectivity index (χ1v) is 9.20. The number of benzene rings is 2. The van der Waals surface area contributed by atoms with E-state index in [1.807, 2.05) is 12.1 Å². The Kier molecular flexibility index (Phi) is 5.43. The van der Waals surface area contributed by atoms with Crippen LogP contribution in [-0.4, -0.2) is 25.1 Å². The van der Waals surface area contributed by atoms with E-state index in [-0.39, 0.29) is 17.0 Å². The van der Waals surface area contributed by atoms with Crippen LogP contribution in [0.1, 0.15) is 10.4 Å². The number of methoxy groups -OCH3 is 2. The van der Waals surface area contributed by atoms with Crippen molar-refractivity contribution in [2.45, 2.75) is 0 Å². The van der Waals surface area contributed by atoms with Gasteiger partial charge in [0.1, 0.15) is 17.1 Å². The molecular weight excluding hydrogens is 382 g/mol. The molecule has 2 heterocycles. The fourth-order valence-electron chi connectivity index (χ4n) is 2.93. The minimum Gasteiger partial charge on any atom is -0.497 e. The third-order valence-electron chi connectivity index (χ3n) is 4.41. The fourth-order valence-corrected chi connectivity index (χ4v) is 2.93. The second-order valence-corrected chi connectivity index (χ2v) is 6.32. The molecule has 0 atom stereocenters. The average molecular weight is 401 g/mol. The number of carbonyl (C=O) groups excluding carboxylic acids is 1. The Morgan fingerprint density at radius 2 is 1.83 bits per heavy atom. The second kappa shape index (κ2) is 8.48. The highest BCUT2D eigenvalue weighted by Gasteiger charge is 2.15. The van der Waals surface area contributed by atoms with Gasteiger partial charge < -0.3 is 19.2 Å². The molecule has 0 saturated carbocycles. The Labute approximate surface area is 172 Å². The van der Waals surface area contributed by atoms with Gasteiger partial charge in [-0.25, -0.2) is 9.98 Å². The summed E-state index contributed by atoms with van der Waals surface area (Å²) in [7, 11) is 3.16. The summed E-state index contributed by atoms with van der Waals surface area (Å²) in [6.45, 7) is 0. The Morgan fingerprint density at radius 1 is 1.00 bits per heavy atom. The Balaban J connectivity index is 1.87. The molecule has 1 amide bonds. The molecule has 7 heteroatoms. The van der Waals surface area contributed by atoms with Gasteiger partial charge in [-0.05, 0) is 48.5 Å². The summed E-state index contributed by atoms with van der Waals surface area (Å²) in [4.78, 5) is 21.7. The number of fused-ring (bicyclic) bond motifs is 1. The molecule has 0 saturated heterocycles. The molecule has 0 unspecified atom stereocenters. The number of hydrogen-bond acceptors (Lipinski definition) is 6. The number of pyridine rings is 1.